The molecule has 0 unspecified atom stereocenters. The molecule has 1 aliphatic rings. The Morgan fingerprint density at radius 2 is 1.85 bits per heavy atom. The van der Waals surface area contributed by atoms with Gasteiger partial charge in [-0.05, 0) is 43.0 Å². The van der Waals surface area contributed by atoms with E-state index in [0.717, 1.165) is 41.4 Å². The van der Waals surface area contributed by atoms with E-state index in [1.807, 2.05) is 36.4 Å². The molecular formula is C21H18ClNO3. The van der Waals surface area contributed by atoms with Crippen LogP contribution in [-0.4, -0.2) is 24.2 Å². The highest BCUT2D eigenvalue weighted by molar-refractivity contribution is 6.32. The summed E-state index contributed by atoms with van der Waals surface area (Å²) in [4.78, 5) is 17.5. The van der Waals surface area contributed by atoms with E-state index < -0.39 is 0 Å². The number of rotatable bonds is 5. The summed E-state index contributed by atoms with van der Waals surface area (Å²) >= 11 is 6.05. The number of ether oxygens (including phenoxy) is 2. The molecule has 0 radical (unpaired) electrons. The van der Waals surface area contributed by atoms with E-state index in [4.69, 9.17) is 26.1 Å². The Hall–Kier alpha value is -2.59. The molecule has 1 aliphatic carbocycles. The molecule has 2 aromatic carbocycles. The molecule has 1 aromatic heterocycles. The van der Waals surface area contributed by atoms with Crippen molar-refractivity contribution < 1.29 is 14.3 Å². The highest BCUT2D eigenvalue weighted by atomic mass is 35.5. The summed E-state index contributed by atoms with van der Waals surface area (Å²) in [5, 5.41) is 1.39. The lowest BCUT2D eigenvalue weighted by molar-refractivity contribution is 0.0451. The number of halogens is 1. The van der Waals surface area contributed by atoms with Gasteiger partial charge in [0.05, 0.1) is 16.1 Å². The molecular weight excluding hydrogens is 350 g/mol. The minimum atomic E-state index is -0.315. The van der Waals surface area contributed by atoms with E-state index >= 15 is 0 Å². The average Bonchev–Trinajstić information content (AvgIpc) is 3.12. The third kappa shape index (κ3) is 3.25. The first kappa shape index (κ1) is 16.9. The van der Waals surface area contributed by atoms with Crippen molar-refractivity contribution in [2.45, 2.75) is 19.3 Å². The van der Waals surface area contributed by atoms with Crippen LogP contribution in [0.1, 0.15) is 28.0 Å². The SMILES string of the molecule is O=C(OCCOc1ccccc1Cl)c1c2c(nc3ccccc13)CCC2. The highest BCUT2D eigenvalue weighted by Crippen LogP contribution is 2.30. The molecule has 1 heterocycles. The van der Waals surface area contributed by atoms with Gasteiger partial charge in [0.25, 0.3) is 0 Å². The molecule has 4 rings (SSSR count). The largest absolute Gasteiger partial charge is 0.488 e. The fourth-order valence-electron chi connectivity index (χ4n) is 3.36. The van der Waals surface area contributed by atoms with Gasteiger partial charge in [0.1, 0.15) is 19.0 Å². The first-order valence-corrected chi connectivity index (χ1v) is 9.07. The summed E-state index contributed by atoms with van der Waals surface area (Å²) in [6, 6.07) is 14.9. The van der Waals surface area contributed by atoms with Crippen molar-refractivity contribution in [3.8, 4) is 5.75 Å². The molecule has 3 aromatic rings. The topological polar surface area (TPSA) is 48.4 Å². The number of carbonyl (C=O) groups is 1. The molecule has 0 bridgehead atoms. The zero-order valence-corrected chi connectivity index (χ0v) is 15.0. The van der Waals surface area contributed by atoms with Crippen LogP contribution in [0.5, 0.6) is 5.75 Å². The van der Waals surface area contributed by atoms with Crippen molar-refractivity contribution in [2.24, 2.45) is 0 Å². The number of nitrogens with zero attached hydrogens (tertiary/aromatic N) is 1. The molecule has 0 saturated heterocycles. The molecule has 0 aliphatic heterocycles. The van der Waals surface area contributed by atoms with Gasteiger partial charge in [0.2, 0.25) is 0 Å². The van der Waals surface area contributed by atoms with Gasteiger partial charge in [-0.1, -0.05) is 41.9 Å². The van der Waals surface area contributed by atoms with Gasteiger partial charge in [0, 0.05) is 11.1 Å². The van der Waals surface area contributed by atoms with Crippen LogP contribution >= 0.6 is 11.6 Å². The zero-order chi connectivity index (χ0) is 17.9. The number of esters is 1. The molecule has 26 heavy (non-hydrogen) atoms. The van der Waals surface area contributed by atoms with Crippen LogP contribution in [0.3, 0.4) is 0 Å². The van der Waals surface area contributed by atoms with Crippen LogP contribution in [0, 0.1) is 0 Å². The van der Waals surface area contributed by atoms with Crippen molar-refractivity contribution in [1.82, 2.24) is 4.98 Å². The van der Waals surface area contributed by atoms with Crippen molar-refractivity contribution in [3.63, 3.8) is 0 Å². The second-order valence-electron chi connectivity index (χ2n) is 6.20. The summed E-state index contributed by atoms with van der Waals surface area (Å²) in [5.41, 5.74) is 3.54. The van der Waals surface area contributed by atoms with Crippen molar-refractivity contribution in [1.29, 1.82) is 0 Å². The van der Waals surface area contributed by atoms with Gasteiger partial charge in [-0.3, -0.25) is 4.98 Å². The standard InChI is InChI=1S/C21H18ClNO3/c22-16-8-2-4-11-19(16)25-12-13-26-21(24)20-14-6-1-3-9-17(14)23-18-10-5-7-15(18)20/h1-4,6,8-9,11H,5,7,10,12-13H2. The molecule has 4 nitrogen and oxygen atoms in total. The quantitative estimate of drug-likeness (QED) is 0.488. The van der Waals surface area contributed by atoms with E-state index in [2.05, 4.69) is 0 Å². The maximum Gasteiger partial charge on any atom is 0.339 e. The summed E-state index contributed by atoms with van der Waals surface area (Å²) in [6.45, 7) is 0.413. The number of aromatic nitrogens is 1. The molecule has 0 amide bonds. The summed E-state index contributed by atoms with van der Waals surface area (Å²) < 4.78 is 11.1. The Balaban J connectivity index is 1.49. The Bertz CT molecular complexity index is 971. The Labute approximate surface area is 156 Å². The molecule has 0 atom stereocenters. The second kappa shape index (κ2) is 7.34. The minimum Gasteiger partial charge on any atom is -0.488 e. The average molecular weight is 368 g/mol. The van der Waals surface area contributed by atoms with Gasteiger partial charge in [-0.2, -0.15) is 0 Å². The number of hydrogen-bond acceptors (Lipinski definition) is 4. The van der Waals surface area contributed by atoms with Crippen LogP contribution in [-0.2, 0) is 17.6 Å². The van der Waals surface area contributed by atoms with E-state index in [0.29, 0.717) is 16.3 Å². The first-order chi connectivity index (χ1) is 12.7. The van der Waals surface area contributed by atoms with Crippen LogP contribution in [0.2, 0.25) is 5.02 Å². The van der Waals surface area contributed by atoms with Crippen molar-refractivity contribution >= 4 is 28.5 Å². The first-order valence-electron chi connectivity index (χ1n) is 8.69. The fourth-order valence-corrected chi connectivity index (χ4v) is 3.55. The lowest BCUT2D eigenvalue weighted by Crippen LogP contribution is -2.15. The maximum absolute atomic E-state index is 12.8. The third-order valence-corrected chi connectivity index (χ3v) is 4.85. The second-order valence-corrected chi connectivity index (χ2v) is 6.60. The Morgan fingerprint density at radius 3 is 2.73 bits per heavy atom. The fraction of sp³-hybridized carbons (Fsp3) is 0.238. The van der Waals surface area contributed by atoms with Crippen molar-refractivity contribution in [2.75, 3.05) is 13.2 Å². The van der Waals surface area contributed by atoms with E-state index in [1.165, 1.54) is 0 Å². The molecule has 5 heteroatoms. The molecule has 0 fully saturated rings. The van der Waals surface area contributed by atoms with Gasteiger partial charge < -0.3 is 9.47 Å². The monoisotopic (exact) mass is 367 g/mol. The number of fused-ring (bicyclic) bond motifs is 2. The number of carbonyl (C=O) groups excluding carboxylic acids is 1. The third-order valence-electron chi connectivity index (χ3n) is 4.53. The molecule has 0 spiro atoms. The van der Waals surface area contributed by atoms with Crippen LogP contribution < -0.4 is 4.74 Å². The van der Waals surface area contributed by atoms with Gasteiger partial charge in [-0.25, -0.2) is 4.79 Å². The van der Waals surface area contributed by atoms with Gasteiger partial charge >= 0.3 is 5.97 Å². The molecule has 0 saturated carbocycles. The van der Waals surface area contributed by atoms with Gasteiger partial charge in [0.15, 0.2) is 0 Å². The Morgan fingerprint density at radius 1 is 1.04 bits per heavy atom. The van der Waals surface area contributed by atoms with Crippen LogP contribution in [0.25, 0.3) is 10.9 Å². The maximum atomic E-state index is 12.8. The predicted molar refractivity (Wildman–Crippen MR) is 101 cm³/mol. The smallest absolute Gasteiger partial charge is 0.339 e. The Kier molecular flexibility index (Phi) is 4.76. The number of pyridine rings is 1. The lowest BCUT2D eigenvalue weighted by atomic mass is 10.0. The van der Waals surface area contributed by atoms with Gasteiger partial charge in [-0.15, -0.1) is 0 Å². The lowest BCUT2D eigenvalue weighted by Gasteiger charge is -2.13. The van der Waals surface area contributed by atoms with Crippen molar-refractivity contribution in [3.05, 3.63) is 70.4 Å². The van der Waals surface area contributed by atoms with E-state index in [-0.39, 0.29) is 19.2 Å². The summed E-state index contributed by atoms with van der Waals surface area (Å²) in [7, 11) is 0. The number of hydrogen-bond donors (Lipinski definition) is 0. The summed E-state index contributed by atoms with van der Waals surface area (Å²) in [6.07, 6.45) is 2.80. The molecule has 0 N–H and O–H groups in total. The number of para-hydroxylation sites is 2. The van der Waals surface area contributed by atoms with Crippen LogP contribution in [0.4, 0.5) is 0 Å². The predicted octanol–water partition coefficient (Wildman–Crippen LogP) is 4.61. The molecule has 132 valence electrons. The number of aryl methyl sites for hydroxylation is 1. The zero-order valence-electron chi connectivity index (χ0n) is 14.2. The van der Waals surface area contributed by atoms with E-state index in [1.54, 1.807) is 12.1 Å². The minimum absolute atomic E-state index is 0.162. The highest BCUT2D eigenvalue weighted by Gasteiger charge is 2.24. The van der Waals surface area contributed by atoms with Crippen LogP contribution in [0.15, 0.2) is 48.5 Å². The summed E-state index contributed by atoms with van der Waals surface area (Å²) in [5.74, 6) is 0.268. The number of benzene rings is 2. The van der Waals surface area contributed by atoms with E-state index in [9.17, 15) is 4.79 Å². The normalized spacial score (nSPS) is 12.8.